The molecule has 0 saturated heterocycles. The fraction of sp³-hybridized carbons (Fsp3) is 0.611. The van der Waals surface area contributed by atoms with Crippen molar-refractivity contribution in [3.8, 4) is 0 Å². The topological polar surface area (TPSA) is 29.1 Å². The van der Waals surface area contributed by atoms with Crippen LogP contribution in [-0.4, -0.2) is 5.91 Å². The van der Waals surface area contributed by atoms with E-state index in [2.05, 4.69) is 39.4 Å². The van der Waals surface area contributed by atoms with E-state index in [1.165, 1.54) is 44.1 Å². The molecule has 1 amide bonds. The number of carbonyl (C=O) groups is 1. The number of anilines is 1. The van der Waals surface area contributed by atoms with Gasteiger partial charge in [0.25, 0.3) is 0 Å². The largest absolute Gasteiger partial charge is 0.325 e. The van der Waals surface area contributed by atoms with Gasteiger partial charge in [-0.2, -0.15) is 0 Å². The first kappa shape index (κ1) is 13.8. The lowest BCUT2D eigenvalue weighted by Crippen LogP contribution is -2.48. The van der Waals surface area contributed by atoms with Gasteiger partial charge in [-0.05, 0) is 95.3 Å². The Labute approximate surface area is 134 Å². The molecule has 4 fully saturated rings. The molecule has 3 heteroatoms. The van der Waals surface area contributed by atoms with Gasteiger partial charge in [-0.1, -0.05) is 6.07 Å². The van der Waals surface area contributed by atoms with Gasteiger partial charge in [0.05, 0.1) is 5.69 Å². The summed E-state index contributed by atoms with van der Waals surface area (Å²) in [5.41, 5.74) is 2.80. The van der Waals surface area contributed by atoms with Crippen molar-refractivity contribution in [2.45, 2.75) is 50.9 Å². The van der Waals surface area contributed by atoms with Gasteiger partial charge in [0.2, 0.25) is 5.91 Å². The van der Waals surface area contributed by atoms with Crippen molar-refractivity contribution in [1.82, 2.24) is 0 Å². The molecule has 0 aromatic heterocycles. The molecular weight excluding hydrogens is 326 g/mol. The summed E-state index contributed by atoms with van der Waals surface area (Å²) < 4.78 is 1.02. The number of hydrogen-bond acceptors (Lipinski definition) is 1. The molecule has 21 heavy (non-hydrogen) atoms. The molecule has 0 aliphatic heterocycles. The fourth-order valence-corrected chi connectivity index (χ4v) is 6.08. The maximum absolute atomic E-state index is 11.2. The summed E-state index contributed by atoms with van der Waals surface area (Å²) in [5, 5.41) is 2.89. The highest BCUT2D eigenvalue weighted by Crippen LogP contribution is 2.60. The minimum Gasteiger partial charge on any atom is -0.325 e. The van der Waals surface area contributed by atoms with Crippen LogP contribution in [0.25, 0.3) is 0 Å². The zero-order chi connectivity index (χ0) is 14.6. The van der Waals surface area contributed by atoms with Crippen LogP contribution in [0.3, 0.4) is 0 Å². The minimum atomic E-state index is -0.0155. The van der Waals surface area contributed by atoms with Crippen molar-refractivity contribution in [1.29, 1.82) is 0 Å². The highest BCUT2D eigenvalue weighted by atomic mass is 79.9. The Morgan fingerprint density at radius 3 is 2.19 bits per heavy atom. The van der Waals surface area contributed by atoms with Crippen LogP contribution < -0.4 is 5.32 Å². The molecular formula is C18H22BrNO. The van der Waals surface area contributed by atoms with Crippen molar-refractivity contribution < 1.29 is 4.79 Å². The van der Waals surface area contributed by atoms with Crippen molar-refractivity contribution in [2.75, 3.05) is 5.32 Å². The summed E-state index contributed by atoms with van der Waals surface area (Å²) in [6.07, 6.45) is 8.57. The third-order valence-corrected chi connectivity index (χ3v) is 6.59. The van der Waals surface area contributed by atoms with E-state index in [1.54, 1.807) is 6.92 Å². The van der Waals surface area contributed by atoms with Gasteiger partial charge >= 0.3 is 0 Å². The summed E-state index contributed by atoms with van der Waals surface area (Å²) >= 11 is 3.64. The lowest BCUT2D eigenvalue weighted by Gasteiger charge is -2.57. The number of hydrogen-bond donors (Lipinski definition) is 1. The predicted molar refractivity (Wildman–Crippen MR) is 88.3 cm³/mol. The molecule has 0 atom stereocenters. The molecule has 4 aliphatic rings. The van der Waals surface area contributed by atoms with Gasteiger partial charge in [0, 0.05) is 11.4 Å². The Kier molecular flexibility index (Phi) is 3.18. The number of carbonyl (C=O) groups excluding carboxylic acids is 1. The van der Waals surface area contributed by atoms with E-state index in [9.17, 15) is 4.79 Å². The molecule has 4 aliphatic carbocycles. The van der Waals surface area contributed by atoms with Crippen molar-refractivity contribution >= 4 is 27.5 Å². The normalized spacial score (nSPS) is 36.8. The van der Waals surface area contributed by atoms with E-state index in [1.807, 2.05) is 0 Å². The molecule has 4 bridgehead atoms. The van der Waals surface area contributed by atoms with Gasteiger partial charge < -0.3 is 5.32 Å². The third kappa shape index (κ3) is 2.34. The minimum absolute atomic E-state index is 0.0155. The van der Waals surface area contributed by atoms with E-state index in [0.717, 1.165) is 27.9 Å². The van der Waals surface area contributed by atoms with Gasteiger partial charge in [0.15, 0.2) is 0 Å². The van der Waals surface area contributed by atoms with Gasteiger partial charge in [-0.15, -0.1) is 0 Å². The second-order valence-electron chi connectivity index (χ2n) is 7.57. The van der Waals surface area contributed by atoms with E-state index < -0.39 is 0 Å². The van der Waals surface area contributed by atoms with E-state index in [0.29, 0.717) is 5.41 Å². The Balaban J connectivity index is 1.67. The molecule has 1 aromatic rings. The monoisotopic (exact) mass is 347 g/mol. The lowest BCUT2D eigenvalue weighted by atomic mass is 9.48. The van der Waals surface area contributed by atoms with Gasteiger partial charge in [0.1, 0.15) is 0 Å². The Hall–Kier alpha value is -0.830. The summed E-state index contributed by atoms with van der Waals surface area (Å²) in [6.45, 7) is 1.55. The molecule has 1 aromatic carbocycles. The van der Waals surface area contributed by atoms with Gasteiger partial charge in [-0.3, -0.25) is 4.79 Å². The summed E-state index contributed by atoms with van der Waals surface area (Å²) in [4.78, 5) is 11.2. The molecule has 0 radical (unpaired) electrons. The summed E-state index contributed by atoms with van der Waals surface area (Å²) in [5.74, 6) is 2.87. The van der Waals surface area contributed by atoms with Crippen LogP contribution in [0, 0.1) is 17.8 Å². The molecule has 0 heterocycles. The quantitative estimate of drug-likeness (QED) is 0.811. The SMILES string of the molecule is CC(=O)Nc1ccc(C23CC4CC(CC(C4)C2)C3)cc1Br. The molecule has 5 rings (SSSR count). The Morgan fingerprint density at radius 2 is 1.71 bits per heavy atom. The summed E-state index contributed by atoms with van der Waals surface area (Å²) in [6, 6.07) is 6.58. The average Bonchev–Trinajstić information content (AvgIpc) is 2.39. The first-order valence-corrected chi connectivity index (χ1v) is 8.91. The molecule has 0 unspecified atom stereocenters. The zero-order valence-corrected chi connectivity index (χ0v) is 14.1. The number of amides is 1. The average molecular weight is 348 g/mol. The van der Waals surface area contributed by atoms with E-state index in [4.69, 9.17) is 0 Å². The van der Waals surface area contributed by atoms with Crippen LogP contribution in [0.1, 0.15) is 51.0 Å². The third-order valence-electron chi connectivity index (χ3n) is 5.93. The molecule has 2 nitrogen and oxygen atoms in total. The Morgan fingerprint density at radius 1 is 1.14 bits per heavy atom. The van der Waals surface area contributed by atoms with Crippen LogP contribution in [0.5, 0.6) is 0 Å². The standard InChI is InChI=1S/C18H22BrNO/c1-11(21)20-17-3-2-15(7-16(17)19)18-8-12-4-13(9-18)6-14(5-12)10-18/h2-3,7,12-14H,4-6,8-10H2,1H3,(H,20,21). The van der Waals surface area contributed by atoms with Crippen LogP contribution in [0.4, 0.5) is 5.69 Å². The molecule has 0 spiro atoms. The smallest absolute Gasteiger partial charge is 0.221 e. The maximum Gasteiger partial charge on any atom is 0.221 e. The number of halogens is 1. The first-order chi connectivity index (χ1) is 10.0. The fourth-order valence-electron chi connectivity index (χ4n) is 5.60. The highest BCUT2D eigenvalue weighted by Gasteiger charge is 2.51. The van der Waals surface area contributed by atoms with Crippen LogP contribution in [0.2, 0.25) is 0 Å². The molecule has 4 saturated carbocycles. The van der Waals surface area contributed by atoms with Crippen LogP contribution >= 0.6 is 15.9 Å². The predicted octanol–water partition coefficient (Wildman–Crippen LogP) is 4.88. The maximum atomic E-state index is 11.2. The highest BCUT2D eigenvalue weighted by molar-refractivity contribution is 9.10. The van der Waals surface area contributed by atoms with Crippen molar-refractivity contribution in [2.24, 2.45) is 17.8 Å². The van der Waals surface area contributed by atoms with Crippen molar-refractivity contribution in [3.05, 3.63) is 28.2 Å². The van der Waals surface area contributed by atoms with Crippen LogP contribution in [-0.2, 0) is 10.2 Å². The molecule has 112 valence electrons. The number of nitrogens with one attached hydrogen (secondary N) is 1. The molecule has 1 N–H and O–H groups in total. The number of benzene rings is 1. The second-order valence-corrected chi connectivity index (χ2v) is 8.43. The van der Waals surface area contributed by atoms with E-state index >= 15 is 0 Å². The van der Waals surface area contributed by atoms with E-state index in [-0.39, 0.29) is 5.91 Å². The van der Waals surface area contributed by atoms with Crippen LogP contribution in [0.15, 0.2) is 22.7 Å². The van der Waals surface area contributed by atoms with Gasteiger partial charge in [-0.25, -0.2) is 0 Å². The second kappa shape index (κ2) is 4.84. The lowest BCUT2D eigenvalue weighted by molar-refractivity contribution is -0.114. The number of rotatable bonds is 2. The first-order valence-electron chi connectivity index (χ1n) is 8.12. The zero-order valence-electron chi connectivity index (χ0n) is 12.5. The Bertz CT molecular complexity index is 560. The summed E-state index contributed by atoms with van der Waals surface area (Å²) in [7, 11) is 0. The van der Waals surface area contributed by atoms with Crippen molar-refractivity contribution in [3.63, 3.8) is 0 Å².